The Bertz CT molecular complexity index is 142. The summed E-state index contributed by atoms with van der Waals surface area (Å²) in [4.78, 5) is 10.6. The molecular formula is C9H16O4. The lowest BCUT2D eigenvalue weighted by molar-refractivity contribution is -0.132. The quantitative estimate of drug-likeness (QED) is 0.429. The molecule has 13 heavy (non-hydrogen) atoms. The van der Waals surface area contributed by atoms with Crippen molar-refractivity contribution in [2.24, 2.45) is 0 Å². The SMILES string of the molecule is C=C[C@H](OC)[C@@H](OC)[C@H](C=O)OC. The first-order chi connectivity index (χ1) is 6.24. The Hall–Kier alpha value is -0.710. The van der Waals surface area contributed by atoms with Crippen LogP contribution in [0.5, 0.6) is 0 Å². The fourth-order valence-electron chi connectivity index (χ4n) is 1.09. The van der Waals surface area contributed by atoms with Crippen LogP contribution in [0.3, 0.4) is 0 Å². The van der Waals surface area contributed by atoms with Gasteiger partial charge in [-0.2, -0.15) is 0 Å². The lowest BCUT2D eigenvalue weighted by Crippen LogP contribution is -2.41. The molecule has 0 N–H and O–H groups in total. The molecule has 0 aromatic carbocycles. The van der Waals surface area contributed by atoms with Gasteiger partial charge in [-0.3, -0.25) is 0 Å². The molecule has 0 aliphatic rings. The van der Waals surface area contributed by atoms with Gasteiger partial charge in [-0.15, -0.1) is 6.58 Å². The average molecular weight is 188 g/mol. The molecule has 0 heterocycles. The molecule has 0 aliphatic heterocycles. The molecule has 0 aromatic rings. The highest BCUT2D eigenvalue weighted by Crippen LogP contribution is 2.09. The Morgan fingerprint density at radius 2 is 1.62 bits per heavy atom. The Morgan fingerprint density at radius 3 is 1.85 bits per heavy atom. The molecule has 0 unspecified atom stereocenters. The summed E-state index contributed by atoms with van der Waals surface area (Å²) in [5.74, 6) is 0. The summed E-state index contributed by atoms with van der Waals surface area (Å²) >= 11 is 0. The Morgan fingerprint density at radius 1 is 1.08 bits per heavy atom. The standard InChI is InChI=1S/C9H16O4/c1-5-7(11-2)9(13-4)8(6-10)12-3/h5-9H,1H2,2-4H3/t7-,8-,9+/m0/s1. The summed E-state index contributed by atoms with van der Waals surface area (Å²) < 4.78 is 15.1. The monoisotopic (exact) mass is 188 g/mol. The zero-order valence-corrected chi connectivity index (χ0v) is 8.23. The van der Waals surface area contributed by atoms with Gasteiger partial charge in [-0.05, 0) is 0 Å². The number of hydrogen-bond acceptors (Lipinski definition) is 4. The maximum atomic E-state index is 10.6. The number of hydrogen-bond donors (Lipinski definition) is 0. The van der Waals surface area contributed by atoms with Crippen LogP contribution in [0.15, 0.2) is 12.7 Å². The van der Waals surface area contributed by atoms with E-state index in [1.165, 1.54) is 21.3 Å². The van der Waals surface area contributed by atoms with Crippen molar-refractivity contribution in [1.29, 1.82) is 0 Å². The van der Waals surface area contributed by atoms with Crippen molar-refractivity contribution in [2.45, 2.75) is 18.3 Å². The summed E-state index contributed by atoms with van der Waals surface area (Å²) in [6.45, 7) is 3.58. The van der Waals surface area contributed by atoms with Gasteiger partial charge in [0.2, 0.25) is 0 Å². The van der Waals surface area contributed by atoms with E-state index in [0.717, 1.165) is 0 Å². The highest BCUT2D eigenvalue weighted by Gasteiger charge is 2.27. The van der Waals surface area contributed by atoms with Crippen molar-refractivity contribution in [3.63, 3.8) is 0 Å². The summed E-state index contributed by atoms with van der Waals surface area (Å²) in [6, 6.07) is 0. The molecule has 0 bridgehead atoms. The number of aldehydes is 1. The van der Waals surface area contributed by atoms with Crippen LogP contribution in [-0.4, -0.2) is 45.9 Å². The summed E-state index contributed by atoms with van der Waals surface area (Å²) in [6.07, 6.45) is 0.825. The van der Waals surface area contributed by atoms with Gasteiger partial charge in [-0.1, -0.05) is 6.08 Å². The molecule has 0 rings (SSSR count). The van der Waals surface area contributed by atoms with Crippen LogP contribution in [0.2, 0.25) is 0 Å². The maximum Gasteiger partial charge on any atom is 0.151 e. The second-order valence-corrected chi connectivity index (χ2v) is 2.47. The van der Waals surface area contributed by atoms with Gasteiger partial charge >= 0.3 is 0 Å². The minimum atomic E-state index is -0.632. The van der Waals surface area contributed by atoms with Crippen molar-refractivity contribution in [3.05, 3.63) is 12.7 Å². The van der Waals surface area contributed by atoms with E-state index in [9.17, 15) is 4.79 Å². The molecule has 4 heteroatoms. The lowest BCUT2D eigenvalue weighted by atomic mass is 10.1. The van der Waals surface area contributed by atoms with Crippen LogP contribution in [0, 0.1) is 0 Å². The summed E-state index contributed by atoms with van der Waals surface area (Å²) in [7, 11) is 4.46. The third kappa shape index (κ3) is 3.26. The van der Waals surface area contributed by atoms with E-state index in [0.29, 0.717) is 6.29 Å². The number of carbonyl (C=O) groups excluding carboxylic acids is 1. The number of methoxy groups -OCH3 is 3. The highest BCUT2D eigenvalue weighted by molar-refractivity contribution is 5.57. The van der Waals surface area contributed by atoms with Gasteiger partial charge in [0.05, 0.1) is 0 Å². The van der Waals surface area contributed by atoms with E-state index in [1.807, 2.05) is 0 Å². The molecule has 3 atom stereocenters. The van der Waals surface area contributed by atoms with Crippen LogP contribution in [0.25, 0.3) is 0 Å². The normalized spacial score (nSPS) is 17.5. The molecule has 0 aliphatic carbocycles. The predicted octanol–water partition coefficient (Wildman–Crippen LogP) is 0.416. The first-order valence-corrected chi connectivity index (χ1v) is 3.91. The molecular weight excluding hydrogens is 172 g/mol. The lowest BCUT2D eigenvalue weighted by Gasteiger charge is -2.25. The van der Waals surface area contributed by atoms with Crippen molar-refractivity contribution in [2.75, 3.05) is 21.3 Å². The van der Waals surface area contributed by atoms with E-state index in [2.05, 4.69) is 6.58 Å². The topological polar surface area (TPSA) is 44.8 Å². The molecule has 0 radical (unpaired) electrons. The van der Waals surface area contributed by atoms with Gasteiger partial charge in [-0.25, -0.2) is 0 Å². The second-order valence-electron chi connectivity index (χ2n) is 2.47. The van der Waals surface area contributed by atoms with E-state index in [-0.39, 0.29) is 6.10 Å². The van der Waals surface area contributed by atoms with Crippen LogP contribution >= 0.6 is 0 Å². The van der Waals surface area contributed by atoms with E-state index in [4.69, 9.17) is 14.2 Å². The smallest absolute Gasteiger partial charge is 0.151 e. The zero-order chi connectivity index (χ0) is 10.3. The predicted molar refractivity (Wildman–Crippen MR) is 48.7 cm³/mol. The number of carbonyl (C=O) groups is 1. The first-order valence-electron chi connectivity index (χ1n) is 3.91. The van der Waals surface area contributed by atoms with Gasteiger partial charge in [0, 0.05) is 21.3 Å². The Balaban J connectivity index is 4.43. The van der Waals surface area contributed by atoms with Crippen LogP contribution in [0.1, 0.15) is 0 Å². The highest BCUT2D eigenvalue weighted by atomic mass is 16.6. The number of rotatable bonds is 7. The van der Waals surface area contributed by atoms with E-state index < -0.39 is 12.2 Å². The largest absolute Gasteiger partial charge is 0.375 e. The Kier molecular flexibility index (Phi) is 6.40. The van der Waals surface area contributed by atoms with Crippen LogP contribution in [0.4, 0.5) is 0 Å². The van der Waals surface area contributed by atoms with E-state index in [1.54, 1.807) is 6.08 Å². The van der Waals surface area contributed by atoms with Gasteiger partial charge in [0.1, 0.15) is 18.3 Å². The maximum absolute atomic E-state index is 10.6. The molecule has 0 aromatic heterocycles. The summed E-state index contributed by atoms with van der Waals surface area (Å²) in [5.41, 5.74) is 0. The van der Waals surface area contributed by atoms with Crippen molar-refractivity contribution in [3.8, 4) is 0 Å². The van der Waals surface area contributed by atoms with Crippen molar-refractivity contribution >= 4 is 6.29 Å². The fourth-order valence-corrected chi connectivity index (χ4v) is 1.09. The fraction of sp³-hybridized carbons (Fsp3) is 0.667. The van der Waals surface area contributed by atoms with Crippen LogP contribution < -0.4 is 0 Å². The first kappa shape index (κ1) is 12.3. The molecule has 76 valence electrons. The minimum Gasteiger partial charge on any atom is -0.375 e. The molecule has 0 saturated carbocycles. The van der Waals surface area contributed by atoms with Crippen LogP contribution in [-0.2, 0) is 19.0 Å². The summed E-state index contributed by atoms with van der Waals surface area (Å²) in [5, 5.41) is 0. The van der Waals surface area contributed by atoms with Gasteiger partial charge < -0.3 is 19.0 Å². The van der Waals surface area contributed by atoms with E-state index >= 15 is 0 Å². The second kappa shape index (κ2) is 6.77. The molecule has 4 nitrogen and oxygen atoms in total. The minimum absolute atomic E-state index is 0.347. The molecule has 0 spiro atoms. The average Bonchev–Trinajstić information content (AvgIpc) is 2.18. The number of ether oxygens (including phenoxy) is 3. The van der Waals surface area contributed by atoms with Gasteiger partial charge in [0.15, 0.2) is 6.29 Å². The zero-order valence-electron chi connectivity index (χ0n) is 8.23. The third-order valence-electron chi connectivity index (χ3n) is 1.83. The molecule has 0 saturated heterocycles. The molecule has 0 fully saturated rings. The van der Waals surface area contributed by atoms with Crippen molar-refractivity contribution < 1.29 is 19.0 Å². The third-order valence-corrected chi connectivity index (χ3v) is 1.83. The molecule has 0 amide bonds. The van der Waals surface area contributed by atoms with Gasteiger partial charge in [0.25, 0.3) is 0 Å². The Labute approximate surface area is 78.5 Å². The van der Waals surface area contributed by atoms with Crippen molar-refractivity contribution in [1.82, 2.24) is 0 Å².